The molecule has 0 aliphatic carbocycles. The molecule has 32 heavy (non-hydrogen) atoms. The summed E-state index contributed by atoms with van der Waals surface area (Å²) in [4.78, 5) is 70.8. The number of aliphatic carboxylic acids is 2. The van der Waals surface area contributed by atoms with Crippen molar-refractivity contribution in [2.24, 2.45) is 11.5 Å². The third-order valence-electron chi connectivity index (χ3n) is 4.10. The summed E-state index contributed by atoms with van der Waals surface area (Å²) in [6, 6.07) is -6.10. The zero-order valence-electron chi connectivity index (χ0n) is 17.6. The lowest BCUT2D eigenvalue weighted by atomic mass is 10.1. The Hall–Kier alpha value is -2.91. The predicted octanol–water partition coefficient (Wildman–Crippen LogP) is -3.66. The molecule has 182 valence electrons. The molecule has 15 heteroatoms. The van der Waals surface area contributed by atoms with E-state index >= 15 is 0 Å². The van der Waals surface area contributed by atoms with Gasteiger partial charge in [-0.25, -0.2) is 4.79 Å². The van der Waals surface area contributed by atoms with Crippen LogP contribution in [0.3, 0.4) is 0 Å². The molecule has 0 rings (SSSR count). The van der Waals surface area contributed by atoms with Crippen molar-refractivity contribution in [3.63, 3.8) is 0 Å². The highest BCUT2D eigenvalue weighted by molar-refractivity contribution is 7.98. The first kappa shape index (κ1) is 29.1. The molecule has 0 radical (unpaired) electrons. The molecule has 0 saturated heterocycles. The molecule has 4 amide bonds. The molecule has 0 aliphatic heterocycles. The maximum atomic E-state index is 12.6. The van der Waals surface area contributed by atoms with Gasteiger partial charge in [-0.3, -0.25) is 24.0 Å². The first-order valence-corrected chi connectivity index (χ1v) is 10.8. The van der Waals surface area contributed by atoms with Gasteiger partial charge in [-0.2, -0.15) is 11.8 Å². The van der Waals surface area contributed by atoms with E-state index in [2.05, 4.69) is 16.0 Å². The topological polar surface area (TPSA) is 251 Å². The van der Waals surface area contributed by atoms with Crippen molar-refractivity contribution in [3.8, 4) is 0 Å². The van der Waals surface area contributed by atoms with Crippen LogP contribution in [0, 0.1) is 0 Å². The summed E-state index contributed by atoms with van der Waals surface area (Å²) in [6.07, 6.45) is -1.13. The number of aliphatic hydroxyl groups is 1. The van der Waals surface area contributed by atoms with E-state index in [1.807, 2.05) is 0 Å². The number of carbonyl (C=O) groups is 6. The molecule has 0 aromatic carbocycles. The molecule has 0 aromatic rings. The molecule has 0 spiro atoms. The fourth-order valence-corrected chi connectivity index (χ4v) is 2.79. The van der Waals surface area contributed by atoms with Crippen molar-refractivity contribution in [2.75, 3.05) is 12.0 Å². The second-order valence-corrected chi connectivity index (χ2v) is 7.82. The van der Waals surface area contributed by atoms with Gasteiger partial charge in [-0.15, -0.1) is 0 Å². The number of carboxylic acid groups (broad SMARTS) is 2. The van der Waals surface area contributed by atoms with Crippen LogP contribution < -0.4 is 27.4 Å². The van der Waals surface area contributed by atoms with Crippen LogP contribution in [0.5, 0.6) is 0 Å². The third-order valence-corrected chi connectivity index (χ3v) is 4.74. The molecule has 5 unspecified atom stereocenters. The van der Waals surface area contributed by atoms with Crippen molar-refractivity contribution in [1.29, 1.82) is 0 Å². The second kappa shape index (κ2) is 14.2. The molecule has 5 atom stereocenters. The second-order valence-electron chi connectivity index (χ2n) is 6.84. The van der Waals surface area contributed by atoms with Crippen LogP contribution in [0.15, 0.2) is 0 Å². The number of thioether (sulfide) groups is 1. The van der Waals surface area contributed by atoms with E-state index in [0.29, 0.717) is 5.75 Å². The highest BCUT2D eigenvalue weighted by Gasteiger charge is 2.32. The predicted molar refractivity (Wildman–Crippen MR) is 112 cm³/mol. The molecular weight excluding hydrogens is 450 g/mol. The van der Waals surface area contributed by atoms with Gasteiger partial charge >= 0.3 is 11.9 Å². The Labute approximate surface area is 187 Å². The minimum Gasteiger partial charge on any atom is -0.481 e. The molecule has 0 aromatic heterocycles. The molecule has 10 N–H and O–H groups in total. The van der Waals surface area contributed by atoms with Gasteiger partial charge in [0.2, 0.25) is 23.6 Å². The highest BCUT2D eigenvalue weighted by atomic mass is 32.2. The molecular formula is C17H29N5O9S. The number of rotatable bonds is 15. The van der Waals surface area contributed by atoms with Gasteiger partial charge in [0.1, 0.15) is 24.2 Å². The van der Waals surface area contributed by atoms with Gasteiger partial charge in [0, 0.05) is 0 Å². The van der Waals surface area contributed by atoms with Crippen molar-refractivity contribution in [3.05, 3.63) is 0 Å². The molecule has 0 heterocycles. The third kappa shape index (κ3) is 10.9. The summed E-state index contributed by atoms with van der Waals surface area (Å²) >= 11 is 1.33. The summed E-state index contributed by atoms with van der Waals surface area (Å²) in [6.45, 7) is 1.22. The van der Waals surface area contributed by atoms with Gasteiger partial charge < -0.3 is 42.7 Å². The number of nitrogens with two attached hydrogens (primary N) is 2. The zero-order valence-corrected chi connectivity index (χ0v) is 18.4. The fraction of sp³-hybridized carbons (Fsp3) is 0.647. The highest BCUT2D eigenvalue weighted by Crippen LogP contribution is 2.04. The zero-order chi connectivity index (χ0) is 25.0. The average molecular weight is 480 g/mol. The number of hydrogen-bond donors (Lipinski definition) is 8. The maximum Gasteiger partial charge on any atom is 0.326 e. The monoisotopic (exact) mass is 479 g/mol. The summed E-state index contributed by atoms with van der Waals surface area (Å²) in [5, 5.41) is 34.0. The van der Waals surface area contributed by atoms with E-state index in [0.717, 1.165) is 0 Å². The minimum atomic E-state index is -1.71. The molecule has 0 bridgehead atoms. The molecule has 0 aliphatic rings. The SMILES string of the molecule is CSCCC(NC(=O)C(CC(=O)O)NC(=O)C(CC(N)=O)NC(=O)C(N)C(C)O)C(=O)O. The van der Waals surface area contributed by atoms with Crippen molar-refractivity contribution >= 4 is 47.3 Å². The number of aliphatic hydroxyl groups excluding tert-OH is 1. The lowest BCUT2D eigenvalue weighted by Gasteiger charge is -2.24. The van der Waals surface area contributed by atoms with Crippen molar-refractivity contribution in [2.45, 2.75) is 56.5 Å². The van der Waals surface area contributed by atoms with E-state index in [-0.39, 0.29) is 6.42 Å². The van der Waals surface area contributed by atoms with Gasteiger partial charge in [0.25, 0.3) is 0 Å². The number of carboxylic acids is 2. The van der Waals surface area contributed by atoms with Crippen molar-refractivity contribution in [1.82, 2.24) is 16.0 Å². The van der Waals surface area contributed by atoms with Crippen LogP contribution in [0.1, 0.15) is 26.2 Å². The molecule has 0 fully saturated rings. The Morgan fingerprint density at radius 1 is 0.875 bits per heavy atom. The van der Waals surface area contributed by atoms with E-state index in [9.17, 15) is 39.0 Å². The lowest BCUT2D eigenvalue weighted by Crippen LogP contribution is -2.59. The van der Waals surface area contributed by atoms with Crippen LogP contribution in [-0.2, 0) is 28.8 Å². The Balaban J connectivity index is 5.51. The number of nitrogens with one attached hydrogen (secondary N) is 3. The van der Waals surface area contributed by atoms with E-state index in [4.69, 9.17) is 16.6 Å². The van der Waals surface area contributed by atoms with Crippen LogP contribution in [0.25, 0.3) is 0 Å². The molecule has 14 nitrogen and oxygen atoms in total. The van der Waals surface area contributed by atoms with E-state index < -0.39 is 78.7 Å². The van der Waals surface area contributed by atoms with Crippen LogP contribution in [-0.4, -0.2) is 93.2 Å². The standard InChI is InChI=1S/C17H29N5O9S/c1-7(23)13(19)16(29)22-9(5-11(18)24)14(27)21-10(6-12(25)26)15(28)20-8(17(30)31)3-4-32-2/h7-10,13,23H,3-6,19H2,1-2H3,(H2,18,24)(H,20,28)(H,21,27)(H,22,29)(H,25,26)(H,30,31). The van der Waals surface area contributed by atoms with Crippen LogP contribution in [0.2, 0.25) is 0 Å². The summed E-state index contributed by atoms with van der Waals surface area (Å²) in [5.41, 5.74) is 10.5. The normalized spacial score (nSPS) is 15.4. The summed E-state index contributed by atoms with van der Waals surface area (Å²) in [7, 11) is 0. The van der Waals surface area contributed by atoms with Gasteiger partial charge in [-0.1, -0.05) is 0 Å². The first-order valence-electron chi connectivity index (χ1n) is 9.36. The van der Waals surface area contributed by atoms with E-state index in [1.54, 1.807) is 6.26 Å². The van der Waals surface area contributed by atoms with Crippen molar-refractivity contribution < 1.29 is 44.1 Å². The number of hydrogen-bond acceptors (Lipinski definition) is 9. The lowest BCUT2D eigenvalue weighted by molar-refractivity contribution is -0.144. The Bertz CT molecular complexity index is 719. The molecule has 0 saturated carbocycles. The maximum absolute atomic E-state index is 12.6. The first-order chi connectivity index (χ1) is 14.8. The Morgan fingerprint density at radius 2 is 1.34 bits per heavy atom. The quantitative estimate of drug-likeness (QED) is 0.114. The van der Waals surface area contributed by atoms with Gasteiger partial charge in [-0.05, 0) is 25.4 Å². The number of amides is 4. The smallest absolute Gasteiger partial charge is 0.326 e. The largest absolute Gasteiger partial charge is 0.481 e. The van der Waals surface area contributed by atoms with Crippen LogP contribution in [0.4, 0.5) is 0 Å². The summed E-state index contributed by atoms with van der Waals surface area (Å²) < 4.78 is 0. The minimum absolute atomic E-state index is 0.0492. The summed E-state index contributed by atoms with van der Waals surface area (Å²) in [5.74, 6) is -6.65. The van der Waals surface area contributed by atoms with Crippen LogP contribution >= 0.6 is 11.8 Å². The Kier molecular flexibility index (Phi) is 12.9. The van der Waals surface area contributed by atoms with Gasteiger partial charge in [0.15, 0.2) is 0 Å². The number of carbonyl (C=O) groups excluding carboxylic acids is 4. The van der Waals surface area contributed by atoms with E-state index in [1.165, 1.54) is 18.7 Å². The fourth-order valence-electron chi connectivity index (χ4n) is 2.32. The average Bonchev–Trinajstić information content (AvgIpc) is 2.67. The van der Waals surface area contributed by atoms with Gasteiger partial charge in [0.05, 0.1) is 18.9 Å². The number of primary amides is 1. The Morgan fingerprint density at radius 3 is 1.75 bits per heavy atom.